The van der Waals surface area contributed by atoms with Gasteiger partial charge < -0.3 is 4.90 Å². The minimum Gasteiger partial charge on any atom is -0.340 e. The highest BCUT2D eigenvalue weighted by molar-refractivity contribution is 7.89. The maximum absolute atomic E-state index is 13.3. The molecule has 0 saturated carbocycles. The van der Waals surface area contributed by atoms with Crippen LogP contribution in [0.5, 0.6) is 0 Å². The molecule has 2 aromatic carbocycles. The normalized spacial score (nSPS) is 15.7. The number of hydrogen-bond acceptors (Lipinski definition) is 3. The van der Waals surface area contributed by atoms with Crippen LogP contribution in [0.2, 0.25) is 0 Å². The standard InChI is InChI=1S/C20H23FN2O3S/c1-15-6-7-19(12-16(15)2)27(25,26)23-10-8-22(9-11-23)20(24)14-17-4-3-5-18(21)13-17/h3-7,12-13H,8-11,14H2,1-2H3. The highest BCUT2D eigenvalue weighted by Gasteiger charge is 2.30. The largest absolute Gasteiger partial charge is 0.340 e. The van der Waals surface area contributed by atoms with Gasteiger partial charge in [0.1, 0.15) is 5.82 Å². The fourth-order valence-corrected chi connectivity index (χ4v) is 4.64. The number of benzene rings is 2. The molecule has 0 bridgehead atoms. The van der Waals surface area contributed by atoms with Crippen LogP contribution in [0.1, 0.15) is 16.7 Å². The minimum atomic E-state index is -3.57. The van der Waals surface area contributed by atoms with Crippen molar-refractivity contribution in [3.05, 3.63) is 65.0 Å². The van der Waals surface area contributed by atoms with Crippen molar-refractivity contribution in [1.82, 2.24) is 9.21 Å². The van der Waals surface area contributed by atoms with Gasteiger partial charge in [-0.25, -0.2) is 12.8 Å². The molecular weight excluding hydrogens is 367 g/mol. The number of carbonyl (C=O) groups excluding carboxylic acids is 1. The number of aryl methyl sites for hydroxylation is 2. The smallest absolute Gasteiger partial charge is 0.243 e. The van der Waals surface area contributed by atoms with Crippen molar-refractivity contribution in [3.63, 3.8) is 0 Å². The Kier molecular flexibility index (Phi) is 5.62. The van der Waals surface area contributed by atoms with Gasteiger partial charge in [0.2, 0.25) is 15.9 Å². The molecule has 0 atom stereocenters. The Bertz CT molecular complexity index is 951. The first-order chi connectivity index (χ1) is 12.8. The van der Waals surface area contributed by atoms with Crippen molar-refractivity contribution in [1.29, 1.82) is 0 Å². The summed E-state index contributed by atoms with van der Waals surface area (Å²) in [5, 5.41) is 0. The summed E-state index contributed by atoms with van der Waals surface area (Å²) in [6, 6.07) is 11.1. The van der Waals surface area contributed by atoms with Gasteiger partial charge in [-0.15, -0.1) is 0 Å². The van der Waals surface area contributed by atoms with Crippen LogP contribution < -0.4 is 0 Å². The first-order valence-electron chi connectivity index (χ1n) is 8.87. The lowest BCUT2D eigenvalue weighted by atomic mass is 10.1. The van der Waals surface area contributed by atoms with Gasteiger partial charge in [-0.05, 0) is 54.8 Å². The highest BCUT2D eigenvalue weighted by atomic mass is 32.2. The Morgan fingerprint density at radius 2 is 1.70 bits per heavy atom. The average molecular weight is 390 g/mol. The van der Waals surface area contributed by atoms with Gasteiger partial charge in [0.25, 0.3) is 0 Å². The van der Waals surface area contributed by atoms with Crippen molar-refractivity contribution in [2.75, 3.05) is 26.2 Å². The Balaban J connectivity index is 1.64. The number of piperazine rings is 1. The molecule has 27 heavy (non-hydrogen) atoms. The van der Waals surface area contributed by atoms with E-state index in [1.165, 1.54) is 16.4 Å². The number of amides is 1. The summed E-state index contributed by atoms with van der Waals surface area (Å²) in [6.07, 6.45) is 0.113. The molecular formula is C20H23FN2O3S. The molecule has 1 amide bonds. The predicted molar refractivity (Wildman–Crippen MR) is 101 cm³/mol. The van der Waals surface area contributed by atoms with Crippen molar-refractivity contribution in [2.24, 2.45) is 0 Å². The van der Waals surface area contributed by atoms with E-state index in [4.69, 9.17) is 0 Å². The van der Waals surface area contributed by atoms with Crippen LogP contribution in [-0.4, -0.2) is 49.7 Å². The van der Waals surface area contributed by atoms with Gasteiger partial charge in [0.15, 0.2) is 0 Å². The van der Waals surface area contributed by atoms with Crippen LogP contribution in [0.3, 0.4) is 0 Å². The van der Waals surface area contributed by atoms with Gasteiger partial charge in [-0.2, -0.15) is 4.31 Å². The number of carbonyl (C=O) groups is 1. The molecule has 144 valence electrons. The molecule has 0 spiro atoms. The van der Waals surface area contributed by atoms with Crippen molar-refractivity contribution >= 4 is 15.9 Å². The summed E-state index contributed by atoms with van der Waals surface area (Å²) in [6.45, 7) is 5.00. The van der Waals surface area contributed by atoms with Gasteiger partial charge in [0.05, 0.1) is 11.3 Å². The predicted octanol–water partition coefficient (Wildman–Crippen LogP) is 2.52. The molecule has 0 N–H and O–H groups in total. The van der Waals surface area contributed by atoms with Gasteiger partial charge in [-0.3, -0.25) is 4.79 Å². The van der Waals surface area contributed by atoms with Crippen LogP contribution in [0.15, 0.2) is 47.4 Å². The third-order valence-electron chi connectivity index (χ3n) is 4.95. The first-order valence-corrected chi connectivity index (χ1v) is 10.3. The number of nitrogens with zero attached hydrogens (tertiary/aromatic N) is 2. The zero-order valence-electron chi connectivity index (χ0n) is 15.5. The maximum atomic E-state index is 13.3. The summed E-state index contributed by atoms with van der Waals surface area (Å²) >= 11 is 0. The number of halogens is 1. The maximum Gasteiger partial charge on any atom is 0.243 e. The molecule has 1 fully saturated rings. The van der Waals surface area contributed by atoms with E-state index >= 15 is 0 Å². The van der Waals surface area contributed by atoms with E-state index in [1.54, 1.807) is 35.2 Å². The Morgan fingerprint density at radius 1 is 1.00 bits per heavy atom. The second-order valence-corrected chi connectivity index (χ2v) is 8.78. The van der Waals surface area contributed by atoms with Crippen LogP contribution in [0, 0.1) is 19.7 Å². The molecule has 1 saturated heterocycles. The lowest BCUT2D eigenvalue weighted by molar-refractivity contribution is -0.131. The van der Waals surface area contributed by atoms with E-state index in [1.807, 2.05) is 13.8 Å². The van der Waals surface area contributed by atoms with E-state index in [0.717, 1.165) is 11.1 Å². The van der Waals surface area contributed by atoms with E-state index in [-0.39, 0.29) is 36.1 Å². The lowest BCUT2D eigenvalue weighted by Gasteiger charge is -2.34. The number of rotatable bonds is 4. The summed E-state index contributed by atoms with van der Waals surface area (Å²) in [7, 11) is -3.57. The zero-order valence-corrected chi connectivity index (χ0v) is 16.3. The van der Waals surface area contributed by atoms with Crippen molar-refractivity contribution < 1.29 is 17.6 Å². The molecule has 7 heteroatoms. The van der Waals surface area contributed by atoms with Crippen LogP contribution in [-0.2, 0) is 21.2 Å². The van der Waals surface area contributed by atoms with Crippen molar-refractivity contribution in [2.45, 2.75) is 25.2 Å². The minimum absolute atomic E-state index is 0.113. The molecule has 3 rings (SSSR count). The zero-order chi connectivity index (χ0) is 19.6. The number of sulfonamides is 1. The molecule has 5 nitrogen and oxygen atoms in total. The Labute approximate surface area is 159 Å². The van der Waals surface area contributed by atoms with E-state index in [2.05, 4.69) is 0 Å². The van der Waals surface area contributed by atoms with Crippen molar-refractivity contribution in [3.8, 4) is 0 Å². The first kappa shape index (κ1) is 19.5. The topological polar surface area (TPSA) is 57.7 Å². The second kappa shape index (κ2) is 7.78. The third kappa shape index (κ3) is 4.36. The molecule has 0 aliphatic carbocycles. The summed E-state index contributed by atoms with van der Waals surface area (Å²) in [5.74, 6) is -0.492. The fourth-order valence-electron chi connectivity index (χ4n) is 3.13. The highest BCUT2D eigenvalue weighted by Crippen LogP contribution is 2.20. The summed E-state index contributed by atoms with van der Waals surface area (Å²) < 4.78 is 40.4. The fraction of sp³-hybridized carbons (Fsp3) is 0.350. The molecule has 1 heterocycles. The average Bonchev–Trinajstić information content (AvgIpc) is 2.64. The quantitative estimate of drug-likeness (QED) is 0.806. The molecule has 1 aliphatic rings. The summed E-state index contributed by atoms with van der Waals surface area (Å²) in [4.78, 5) is 14.3. The van der Waals surface area contributed by atoms with Crippen LogP contribution in [0.4, 0.5) is 4.39 Å². The van der Waals surface area contributed by atoms with Gasteiger partial charge in [0, 0.05) is 26.2 Å². The monoisotopic (exact) mass is 390 g/mol. The van der Waals surface area contributed by atoms with Gasteiger partial charge >= 0.3 is 0 Å². The van der Waals surface area contributed by atoms with E-state index in [0.29, 0.717) is 18.7 Å². The van der Waals surface area contributed by atoms with E-state index in [9.17, 15) is 17.6 Å². The Hall–Kier alpha value is -2.25. The lowest BCUT2D eigenvalue weighted by Crippen LogP contribution is -2.50. The molecule has 0 aromatic heterocycles. The number of hydrogen-bond donors (Lipinski definition) is 0. The van der Waals surface area contributed by atoms with E-state index < -0.39 is 10.0 Å². The van der Waals surface area contributed by atoms with Crippen LogP contribution >= 0.6 is 0 Å². The Morgan fingerprint density at radius 3 is 2.33 bits per heavy atom. The molecule has 0 radical (unpaired) electrons. The molecule has 1 aliphatic heterocycles. The summed E-state index contributed by atoms with van der Waals surface area (Å²) in [5.41, 5.74) is 2.59. The second-order valence-electron chi connectivity index (χ2n) is 6.84. The van der Waals surface area contributed by atoms with Gasteiger partial charge in [-0.1, -0.05) is 18.2 Å². The molecule has 0 unspecified atom stereocenters. The molecule has 2 aromatic rings. The van der Waals surface area contributed by atoms with Crippen LogP contribution in [0.25, 0.3) is 0 Å². The third-order valence-corrected chi connectivity index (χ3v) is 6.85. The SMILES string of the molecule is Cc1ccc(S(=O)(=O)N2CCN(C(=O)Cc3cccc(F)c3)CC2)cc1C.